The van der Waals surface area contributed by atoms with Crippen LogP contribution in [-0.2, 0) is 4.74 Å². The van der Waals surface area contributed by atoms with Crippen LogP contribution in [0, 0.1) is 0 Å². The van der Waals surface area contributed by atoms with E-state index in [9.17, 15) is 4.79 Å². The number of nitrogens with zero attached hydrogens (tertiary/aromatic N) is 1. The van der Waals surface area contributed by atoms with Crippen LogP contribution in [0.2, 0.25) is 5.02 Å². The predicted octanol–water partition coefficient (Wildman–Crippen LogP) is 3.60. The molecule has 25 heavy (non-hydrogen) atoms. The monoisotopic (exact) mass is 364 g/mol. The molecule has 3 aliphatic carbocycles. The molecular formula is C19H25ClN2O3. The van der Waals surface area contributed by atoms with Gasteiger partial charge in [0.1, 0.15) is 17.5 Å². The summed E-state index contributed by atoms with van der Waals surface area (Å²) in [6.07, 6.45) is 3.01. The molecule has 1 N–H and O–H groups in total. The Labute approximate surface area is 153 Å². The van der Waals surface area contributed by atoms with E-state index in [2.05, 4.69) is 10.2 Å². The topological polar surface area (TPSA) is 50.8 Å². The molecule has 1 amide bonds. The molecule has 0 unspecified atom stereocenters. The molecule has 5 rings (SSSR count). The van der Waals surface area contributed by atoms with Gasteiger partial charge in [-0.2, -0.15) is 0 Å². The minimum atomic E-state index is -0.449. The van der Waals surface area contributed by atoms with Crippen molar-refractivity contribution in [1.29, 1.82) is 0 Å². The van der Waals surface area contributed by atoms with Crippen molar-refractivity contribution in [3.63, 3.8) is 0 Å². The van der Waals surface area contributed by atoms with Crippen molar-refractivity contribution in [1.82, 2.24) is 10.2 Å². The quantitative estimate of drug-likeness (QED) is 0.886. The molecule has 4 aliphatic rings. The van der Waals surface area contributed by atoms with Gasteiger partial charge in [0.25, 0.3) is 0 Å². The summed E-state index contributed by atoms with van der Waals surface area (Å²) in [5, 5.41) is 3.79. The summed E-state index contributed by atoms with van der Waals surface area (Å²) in [6, 6.07) is 7.51. The highest BCUT2D eigenvalue weighted by Gasteiger charge is 2.72. The molecule has 0 aromatic heterocycles. The van der Waals surface area contributed by atoms with Crippen molar-refractivity contribution in [2.24, 2.45) is 0 Å². The summed E-state index contributed by atoms with van der Waals surface area (Å²) >= 11 is 5.89. The van der Waals surface area contributed by atoms with Crippen LogP contribution >= 0.6 is 11.6 Å². The number of amides is 1. The zero-order valence-corrected chi connectivity index (χ0v) is 15.7. The van der Waals surface area contributed by atoms with E-state index >= 15 is 0 Å². The van der Waals surface area contributed by atoms with Crippen LogP contribution in [0.3, 0.4) is 0 Å². The Morgan fingerprint density at radius 2 is 1.80 bits per heavy atom. The molecule has 1 aromatic rings. The average Bonchev–Trinajstić information content (AvgIpc) is 2.37. The molecular weight excluding hydrogens is 340 g/mol. The van der Waals surface area contributed by atoms with Crippen LogP contribution in [0.25, 0.3) is 0 Å². The number of hydrogen-bond acceptors (Lipinski definition) is 4. The lowest BCUT2D eigenvalue weighted by Gasteiger charge is -2.75. The number of halogens is 1. The summed E-state index contributed by atoms with van der Waals surface area (Å²) in [5.41, 5.74) is -0.214. The number of carbonyl (C=O) groups excluding carboxylic acids is 1. The van der Waals surface area contributed by atoms with Crippen LogP contribution < -0.4 is 10.1 Å². The van der Waals surface area contributed by atoms with Crippen molar-refractivity contribution in [2.75, 3.05) is 13.1 Å². The van der Waals surface area contributed by atoms with Gasteiger partial charge in [0.2, 0.25) is 0 Å². The maximum Gasteiger partial charge on any atom is 0.408 e. The van der Waals surface area contributed by atoms with Gasteiger partial charge < -0.3 is 14.8 Å². The molecule has 1 aliphatic heterocycles. The van der Waals surface area contributed by atoms with Crippen LogP contribution in [0.5, 0.6) is 5.75 Å². The Kier molecular flexibility index (Phi) is 3.75. The van der Waals surface area contributed by atoms with Gasteiger partial charge in [-0.25, -0.2) is 4.79 Å². The molecule has 0 radical (unpaired) electrons. The smallest absolute Gasteiger partial charge is 0.408 e. The first-order valence-electron chi connectivity index (χ1n) is 8.86. The minimum absolute atomic E-state index is 0.0372. The zero-order valence-electron chi connectivity index (χ0n) is 15.0. The largest absolute Gasteiger partial charge is 0.488 e. The van der Waals surface area contributed by atoms with Gasteiger partial charge in [0, 0.05) is 29.2 Å². The zero-order chi connectivity index (χ0) is 17.9. The highest BCUT2D eigenvalue weighted by atomic mass is 35.5. The summed E-state index contributed by atoms with van der Waals surface area (Å²) in [7, 11) is 0. The summed E-state index contributed by atoms with van der Waals surface area (Å²) < 4.78 is 11.3. The summed E-state index contributed by atoms with van der Waals surface area (Å²) in [5.74, 6) is 0.870. The highest BCUT2D eigenvalue weighted by molar-refractivity contribution is 6.30. The Balaban J connectivity index is 1.21. The maximum atomic E-state index is 12.0. The van der Waals surface area contributed by atoms with Gasteiger partial charge in [-0.1, -0.05) is 11.6 Å². The second-order valence-corrected chi connectivity index (χ2v) is 9.20. The van der Waals surface area contributed by atoms with Crippen molar-refractivity contribution in [3.8, 4) is 5.75 Å². The number of rotatable bonds is 4. The van der Waals surface area contributed by atoms with Crippen LogP contribution in [-0.4, -0.2) is 46.9 Å². The Bertz CT molecular complexity index is 657. The fraction of sp³-hybridized carbons (Fsp3) is 0.632. The maximum absolute atomic E-state index is 12.0. The number of likely N-dealkylation sites (tertiary alicyclic amines) is 1. The van der Waals surface area contributed by atoms with E-state index in [0.29, 0.717) is 0 Å². The van der Waals surface area contributed by atoms with Crippen molar-refractivity contribution in [3.05, 3.63) is 29.3 Å². The second kappa shape index (κ2) is 5.52. The Morgan fingerprint density at radius 3 is 2.36 bits per heavy atom. The third-order valence-corrected chi connectivity index (χ3v) is 5.66. The predicted molar refractivity (Wildman–Crippen MR) is 96.1 cm³/mol. The number of hydrogen-bond donors (Lipinski definition) is 1. The normalized spacial score (nSPS) is 31.4. The van der Waals surface area contributed by atoms with Gasteiger partial charge in [-0.15, -0.1) is 0 Å². The van der Waals surface area contributed by atoms with Gasteiger partial charge in [0.05, 0.1) is 0 Å². The van der Waals surface area contributed by atoms with Gasteiger partial charge in [0.15, 0.2) is 0 Å². The lowest BCUT2D eigenvalue weighted by molar-refractivity contribution is -0.214. The highest BCUT2D eigenvalue weighted by Crippen LogP contribution is 2.64. The third kappa shape index (κ3) is 3.20. The van der Waals surface area contributed by atoms with Crippen LogP contribution in [0.4, 0.5) is 4.79 Å². The van der Waals surface area contributed by atoms with E-state index in [0.717, 1.165) is 43.1 Å². The molecule has 3 saturated carbocycles. The number of benzene rings is 1. The van der Waals surface area contributed by atoms with Crippen molar-refractivity contribution < 1.29 is 14.3 Å². The average molecular weight is 365 g/mol. The molecule has 0 atom stereocenters. The van der Waals surface area contributed by atoms with Gasteiger partial charge in [-0.05, 0) is 64.3 Å². The number of nitrogens with one attached hydrogen (secondary N) is 1. The van der Waals surface area contributed by atoms with Gasteiger partial charge in [-0.3, -0.25) is 4.90 Å². The van der Waals surface area contributed by atoms with E-state index in [-0.39, 0.29) is 23.3 Å². The Hall–Kier alpha value is -1.46. The van der Waals surface area contributed by atoms with Gasteiger partial charge >= 0.3 is 6.09 Å². The number of carbonyl (C=O) groups is 1. The first-order valence-corrected chi connectivity index (χ1v) is 9.23. The van der Waals surface area contributed by atoms with Crippen molar-refractivity contribution in [2.45, 2.75) is 62.8 Å². The number of alkyl carbamates (subject to hydrolysis) is 1. The van der Waals surface area contributed by atoms with E-state index < -0.39 is 5.60 Å². The first-order chi connectivity index (χ1) is 11.7. The molecule has 2 bridgehead atoms. The minimum Gasteiger partial charge on any atom is -0.488 e. The molecule has 0 spiro atoms. The standard InChI is InChI=1S/C19H25ClN2O3/c1-17(2,3)25-16(23)21-18-10-19(11-18,12-18)22-8-15(9-22)24-14-6-4-13(20)5-7-14/h4-7,15H,8-12H2,1-3H3,(H,21,23). The van der Waals surface area contributed by atoms with Crippen molar-refractivity contribution >= 4 is 17.7 Å². The van der Waals surface area contributed by atoms with E-state index in [1.165, 1.54) is 0 Å². The molecule has 1 saturated heterocycles. The SMILES string of the molecule is CC(C)(C)OC(=O)NC12CC(N3CC(Oc4ccc(Cl)cc4)C3)(C1)C2. The van der Waals surface area contributed by atoms with E-state index in [4.69, 9.17) is 21.1 Å². The fourth-order valence-corrected chi connectivity index (χ4v) is 4.45. The summed E-state index contributed by atoms with van der Waals surface area (Å²) in [4.78, 5) is 14.4. The molecule has 136 valence electrons. The van der Waals surface area contributed by atoms with E-state index in [1.807, 2.05) is 45.0 Å². The van der Waals surface area contributed by atoms with E-state index in [1.54, 1.807) is 0 Å². The lowest BCUT2D eigenvalue weighted by atomic mass is 9.43. The molecule has 4 fully saturated rings. The third-order valence-electron chi connectivity index (χ3n) is 5.40. The molecule has 1 aromatic carbocycles. The lowest BCUT2D eigenvalue weighted by Crippen LogP contribution is -2.86. The molecule has 5 nitrogen and oxygen atoms in total. The number of ether oxygens (including phenoxy) is 2. The van der Waals surface area contributed by atoms with Crippen LogP contribution in [0.15, 0.2) is 24.3 Å². The van der Waals surface area contributed by atoms with Crippen LogP contribution in [0.1, 0.15) is 40.0 Å². The second-order valence-electron chi connectivity index (χ2n) is 8.76. The fourth-order valence-electron chi connectivity index (χ4n) is 4.33. The Morgan fingerprint density at radius 1 is 1.20 bits per heavy atom. The first kappa shape index (κ1) is 17.0. The summed E-state index contributed by atoms with van der Waals surface area (Å²) in [6.45, 7) is 7.56. The molecule has 1 heterocycles. The molecule has 6 heteroatoms.